The van der Waals surface area contributed by atoms with Gasteiger partial charge in [-0.3, -0.25) is 4.98 Å². The van der Waals surface area contributed by atoms with E-state index in [2.05, 4.69) is 211 Å². The van der Waals surface area contributed by atoms with Crippen molar-refractivity contribution < 1.29 is 0 Å². The molecule has 0 bridgehead atoms. The van der Waals surface area contributed by atoms with Crippen LogP contribution in [0.1, 0.15) is 11.3 Å². The van der Waals surface area contributed by atoms with E-state index in [0.29, 0.717) is 0 Å². The molecule has 3 nitrogen and oxygen atoms in total. The van der Waals surface area contributed by atoms with Crippen molar-refractivity contribution in [2.24, 2.45) is 0 Å². The van der Waals surface area contributed by atoms with Gasteiger partial charge in [0.25, 0.3) is 0 Å². The van der Waals surface area contributed by atoms with Crippen LogP contribution in [-0.2, 0) is 6.42 Å². The highest BCUT2D eigenvalue weighted by Crippen LogP contribution is 2.45. The highest BCUT2D eigenvalue weighted by atomic mass is 15.1. The summed E-state index contributed by atoms with van der Waals surface area (Å²) < 4.78 is 2.39. The average Bonchev–Trinajstić information content (AvgIpc) is 3.56. The number of hydrogen-bond donors (Lipinski definition) is 0. The second kappa shape index (κ2) is 13.5. The van der Waals surface area contributed by atoms with Gasteiger partial charge in [0.05, 0.1) is 22.4 Å². The van der Waals surface area contributed by atoms with Crippen molar-refractivity contribution in [2.75, 3.05) is 11.9 Å². The van der Waals surface area contributed by atoms with Crippen molar-refractivity contribution in [2.45, 2.75) is 6.42 Å². The Morgan fingerprint density at radius 3 is 1.88 bits per heavy atom. The molecule has 248 valence electrons. The molecule has 0 radical (unpaired) electrons. The molecule has 0 saturated carbocycles. The Morgan fingerprint density at radius 2 is 1.13 bits per heavy atom. The Morgan fingerprint density at radius 1 is 0.500 bits per heavy atom. The predicted octanol–water partition coefficient (Wildman–Crippen LogP) is 12.5. The molecule has 0 fully saturated rings. The Hall–Kier alpha value is -6.71. The number of nitrogens with zero attached hydrogens (tertiary/aromatic N) is 3. The minimum atomic E-state index is 0.766. The van der Waals surface area contributed by atoms with Crippen LogP contribution in [0.2, 0.25) is 0 Å². The molecule has 0 spiro atoms. The van der Waals surface area contributed by atoms with Gasteiger partial charge >= 0.3 is 0 Å². The van der Waals surface area contributed by atoms with Gasteiger partial charge in [0, 0.05) is 52.4 Å². The molecule has 9 aromatic rings. The van der Waals surface area contributed by atoms with E-state index in [1.54, 1.807) is 0 Å². The van der Waals surface area contributed by atoms with E-state index < -0.39 is 0 Å². The van der Waals surface area contributed by atoms with E-state index >= 15 is 0 Å². The second-order valence-corrected chi connectivity index (χ2v) is 13.3. The van der Waals surface area contributed by atoms with Gasteiger partial charge in [0.1, 0.15) is 0 Å². The minimum Gasteiger partial charge on any atom is -0.344 e. The molecule has 0 atom stereocenters. The van der Waals surface area contributed by atoms with Gasteiger partial charge in [0.15, 0.2) is 0 Å². The van der Waals surface area contributed by atoms with Crippen LogP contribution in [-0.4, -0.2) is 16.6 Å². The quantitative estimate of drug-likeness (QED) is 0.161. The summed E-state index contributed by atoms with van der Waals surface area (Å²) >= 11 is 0. The first kappa shape index (κ1) is 31.3. The van der Waals surface area contributed by atoms with Gasteiger partial charge in [-0.15, -0.1) is 0 Å². The summed E-state index contributed by atoms with van der Waals surface area (Å²) in [6, 6.07) is 69.3. The van der Waals surface area contributed by atoms with Crippen LogP contribution in [0.15, 0.2) is 194 Å². The number of anilines is 2. The van der Waals surface area contributed by atoms with E-state index in [0.717, 1.165) is 45.9 Å². The molecule has 7 aromatic carbocycles. The molecule has 0 unspecified atom stereocenters. The van der Waals surface area contributed by atoms with Crippen LogP contribution in [0, 0.1) is 0 Å². The topological polar surface area (TPSA) is 21.1 Å². The number of aromatic nitrogens is 2. The van der Waals surface area contributed by atoms with E-state index in [-0.39, 0.29) is 0 Å². The maximum absolute atomic E-state index is 5.15. The number of rotatable bonds is 8. The standard InChI is InChI=1S/C49H37N3/c1-51(42-26-16-23-38(33-42)39-32-40(31-35-17-6-2-7-18-35)50-45(34-39)37-21-10-4-11-22-37)49-43(36-19-8-3-9-20-36)29-30-47-48(49)44-27-14-15-28-46(44)52(47)41-24-12-5-13-25-41/h2-30,32-34H,31H2,1H3. The first-order valence-electron chi connectivity index (χ1n) is 17.8. The number of benzene rings is 7. The smallest absolute Gasteiger partial charge is 0.0711 e. The first-order chi connectivity index (χ1) is 25.7. The van der Waals surface area contributed by atoms with Gasteiger partial charge in [-0.1, -0.05) is 146 Å². The molecule has 0 aliphatic heterocycles. The third kappa shape index (κ3) is 5.82. The molecule has 0 aliphatic rings. The predicted molar refractivity (Wildman–Crippen MR) is 219 cm³/mol. The Bertz CT molecular complexity index is 2640. The molecule has 0 amide bonds. The molecule has 0 aliphatic carbocycles. The SMILES string of the molecule is CN(c1cccc(-c2cc(Cc3ccccc3)nc(-c3ccccc3)c2)c1)c1c(-c2ccccc2)ccc2c1c1ccccc1n2-c1ccccc1. The fourth-order valence-electron chi connectivity index (χ4n) is 7.53. The molecule has 2 heterocycles. The fourth-order valence-corrected chi connectivity index (χ4v) is 7.53. The summed E-state index contributed by atoms with van der Waals surface area (Å²) in [5, 5.41) is 2.46. The second-order valence-electron chi connectivity index (χ2n) is 13.3. The lowest BCUT2D eigenvalue weighted by molar-refractivity contribution is 1.08. The maximum Gasteiger partial charge on any atom is 0.0711 e. The van der Waals surface area contributed by atoms with Crippen LogP contribution in [0.5, 0.6) is 0 Å². The third-order valence-electron chi connectivity index (χ3n) is 9.99. The van der Waals surface area contributed by atoms with Crippen LogP contribution in [0.3, 0.4) is 0 Å². The minimum absolute atomic E-state index is 0.766. The Balaban J connectivity index is 1.23. The van der Waals surface area contributed by atoms with Crippen molar-refractivity contribution in [1.29, 1.82) is 0 Å². The number of fused-ring (bicyclic) bond motifs is 3. The lowest BCUT2D eigenvalue weighted by atomic mass is 9.97. The zero-order chi connectivity index (χ0) is 34.9. The van der Waals surface area contributed by atoms with Crippen molar-refractivity contribution in [1.82, 2.24) is 9.55 Å². The van der Waals surface area contributed by atoms with Gasteiger partial charge in [-0.2, -0.15) is 0 Å². The van der Waals surface area contributed by atoms with Crippen LogP contribution in [0.4, 0.5) is 11.4 Å². The average molecular weight is 668 g/mol. The van der Waals surface area contributed by atoms with Gasteiger partial charge in [-0.25, -0.2) is 0 Å². The van der Waals surface area contributed by atoms with Gasteiger partial charge in [-0.05, 0) is 70.8 Å². The van der Waals surface area contributed by atoms with Gasteiger partial charge < -0.3 is 9.47 Å². The number of pyridine rings is 1. The first-order valence-corrected chi connectivity index (χ1v) is 17.8. The van der Waals surface area contributed by atoms with Crippen LogP contribution >= 0.6 is 0 Å². The van der Waals surface area contributed by atoms with Crippen molar-refractivity contribution >= 4 is 33.2 Å². The van der Waals surface area contributed by atoms with E-state index in [1.807, 2.05) is 0 Å². The van der Waals surface area contributed by atoms with Crippen LogP contribution in [0.25, 0.3) is 61.0 Å². The largest absolute Gasteiger partial charge is 0.344 e. The zero-order valence-electron chi connectivity index (χ0n) is 29.0. The lowest BCUT2D eigenvalue weighted by Crippen LogP contribution is -2.11. The van der Waals surface area contributed by atoms with E-state index in [1.165, 1.54) is 44.2 Å². The normalized spacial score (nSPS) is 11.2. The molecule has 2 aromatic heterocycles. The Kier molecular flexibility index (Phi) is 8.15. The molecule has 9 rings (SSSR count). The van der Waals surface area contributed by atoms with Crippen LogP contribution < -0.4 is 4.90 Å². The van der Waals surface area contributed by atoms with Crippen molar-refractivity contribution in [3.8, 4) is 39.2 Å². The summed E-state index contributed by atoms with van der Waals surface area (Å²) in [5.41, 5.74) is 14.9. The lowest BCUT2D eigenvalue weighted by Gasteiger charge is -2.25. The molecule has 52 heavy (non-hydrogen) atoms. The summed E-state index contributed by atoms with van der Waals surface area (Å²) in [6.07, 6.45) is 0.766. The van der Waals surface area contributed by atoms with E-state index in [9.17, 15) is 0 Å². The molecule has 0 saturated heterocycles. The highest BCUT2D eigenvalue weighted by Gasteiger charge is 2.22. The van der Waals surface area contributed by atoms with Crippen molar-refractivity contribution in [3.05, 3.63) is 205 Å². The maximum atomic E-state index is 5.15. The zero-order valence-corrected chi connectivity index (χ0v) is 29.0. The summed E-state index contributed by atoms with van der Waals surface area (Å²) in [4.78, 5) is 7.53. The molecule has 3 heteroatoms. The summed E-state index contributed by atoms with van der Waals surface area (Å²) in [6.45, 7) is 0. The summed E-state index contributed by atoms with van der Waals surface area (Å²) in [7, 11) is 2.21. The Labute approximate surface area is 304 Å². The van der Waals surface area contributed by atoms with Gasteiger partial charge in [0.2, 0.25) is 0 Å². The molecule has 0 N–H and O–H groups in total. The number of hydrogen-bond acceptors (Lipinski definition) is 2. The highest BCUT2D eigenvalue weighted by molar-refractivity contribution is 6.18. The molecular formula is C49H37N3. The third-order valence-corrected chi connectivity index (χ3v) is 9.99. The monoisotopic (exact) mass is 667 g/mol. The van der Waals surface area contributed by atoms with Crippen molar-refractivity contribution in [3.63, 3.8) is 0 Å². The summed E-state index contributed by atoms with van der Waals surface area (Å²) in [5.74, 6) is 0. The molecular weight excluding hydrogens is 631 g/mol. The fraction of sp³-hybridized carbons (Fsp3) is 0.0408. The number of para-hydroxylation sites is 2. The van der Waals surface area contributed by atoms with E-state index in [4.69, 9.17) is 4.98 Å².